The second kappa shape index (κ2) is 12.0. The Hall–Kier alpha value is -3.74. The molecule has 3 rings (SSSR count). The number of nitrogens with one attached hydrogen (secondary N) is 3. The summed E-state index contributed by atoms with van der Waals surface area (Å²) in [4.78, 5) is 20.2. The molecule has 3 aromatic rings. The molecule has 1 atom stereocenters. The number of ether oxygens (including phenoxy) is 1. The monoisotopic (exact) mass is 533 g/mol. The van der Waals surface area contributed by atoms with Gasteiger partial charge in [-0.05, 0) is 45.4 Å². The fourth-order valence-electron chi connectivity index (χ4n) is 3.47. The van der Waals surface area contributed by atoms with Crippen LogP contribution in [0.5, 0.6) is 0 Å². The number of amides is 1. The lowest BCUT2D eigenvalue weighted by Gasteiger charge is -2.14. The Morgan fingerprint density at radius 2 is 1.95 bits per heavy atom. The molecule has 200 valence electrons. The maximum absolute atomic E-state index is 15.6. The van der Waals surface area contributed by atoms with Gasteiger partial charge in [0.2, 0.25) is 16.0 Å². The van der Waals surface area contributed by atoms with Crippen molar-refractivity contribution in [3.05, 3.63) is 42.5 Å². The van der Waals surface area contributed by atoms with Gasteiger partial charge in [0.1, 0.15) is 5.69 Å². The average molecular weight is 534 g/mol. The van der Waals surface area contributed by atoms with Crippen molar-refractivity contribution in [3.63, 3.8) is 0 Å². The van der Waals surface area contributed by atoms with Crippen molar-refractivity contribution in [2.75, 3.05) is 29.4 Å². The van der Waals surface area contributed by atoms with Gasteiger partial charge in [-0.3, -0.25) is 9.40 Å². The topological polar surface area (TPSA) is 140 Å². The molecular weight excluding hydrogens is 501 g/mol. The van der Waals surface area contributed by atoms with Crippen LogP contribution >= 0.6 is 0 Å². The van der Waals surface area contributed by atoms with E-state index in [0.29, 0.717) is 35.9 Å². The smallest absolute Gasteiger partial charge is 0.407 e. The molecule has 2 aromatic heterocycles. The van der Waals surface area contributed by atoms with Gasteiger partial charge in [0.05, 0.1) is 24.2 Å². The number of nitrogens with zero attached hydrogens (tertiary/aromatic N) is 4. The summed E-state index contributed by atoms with van der Waals surface area (Å²) >= 11 is 0. The van der Waals surface area contributed by atoms with E-state index in [0.717, 1.165) is 0 Å². The molecule has 0 spiro atoms. The van der Waals surface area contributed by atoms with Crippen molar-refractivity contribution in [3.8, 4) is 22.5 Å². The van der Waals surface area contributed by atoms with E-state index >= 15 is 4.39 Å². The van der Waals surface area contributed by atoms with Crippen molar-refractivity contribution >= 4 is 27.8 Å². The molecule has 3 N–H and O–H groups in total. The van der Waals surface area contributed by atoms with E-state index < -0.39 is 21.9 Å². The molecular formula is C24H32FN7O4S. The fourth-order valence-corrected chi connectivity index (χ4v) is 4.61. The van der Waals surface area contributed by atoms with Gasteiger partial charge in [0.25, 0.3) is 0 Å². The van der Waals surface area contributed by atoms with Crippen LogP contribution in [0.25, 0.3) is 22.5 Å². The molecule has 0 fully saturated rings. The van der Waals surface area contributed by atoms with Crippen LogP contribution in [0.2, 0.25) is 0 Å². The first-order valence-corrected chi connectivity index (χ1v) is 13.5. The van der Waals surface area contributed by atoms with E-state index in [1.54, 1.807) is 49.1 Å². The minimum absolute atomic E-state index is 0.0218. The summed E-state index contributed by atoms with van der Waals surface area (Å²) < 4.78 is 48.7. The lowest BCUT2D eigenvalue weighted by Crippen LogP contribution is -2.37. The first kappa shape index (κ1) is 27.8. The molecule has 1 aromatic carbocycles. The van der Waals surface area contributed by atoms with Gasteiger partial charge in [-0.1, -0.05) is 13.0 Å². The van der Waals surface area contributed by atoms with Gasteiger partial charge in [0.15, 0.2) is 5.82 Å². The summed E-state index contributed by atoms with van der Waals surface area (Å²) in [5, 5.41) is 10.3. The van der Waals surface area contributed by atoms with Crippen molar-refractivity contribution in [1.82, 2.24) is 25.1 Å². The highest BCUT2D eigenvalue weighted by molar-refractivity contribution is 7.92. The molecule has 0 bridgehead atoms. The minimum Gasteiger partial charge on any atom is -0.453 e. The molecule has 11 nitrogen and oxygen atoms in total. The van der Waals surface area contributed by atoms with Gasteiger partial charge in [-0.2, -0.15) is 5.10 Å². The second-order valence-electron chi connectivity index (χ2n) is 8.74. The predicted molar refractivity (Wildman–Crippen MR) is 140 cm³/mol. The summed E-state index contributed by atoms with van der Waals surface area (Å²) in [6.07, 6.45) is 3.18. The molecule has 0 saturated heterocycles. The molecule has 2 heterocycles. The number of aromatic nitrogens is 4. The van der Waals surface area contributed by atoms with Crippen LogP contribution in [0.3, 0.4) is 0 Å². The van der Waals surface area contributed by atoms with Crippen molar-refractivity contribution in [2.45, 2.75) is 46.2 Å². The predicted octanol–water partition coefficient (Wildman–Crippen LogP) is 4.04. The quantitative estimate of drug-likeness (QED) is 0.336. The number of halogens is 1. The second-order valence-corrected chi connectivity index (χ2v) is 10.6. The Labute approximate surface area is 215 Å². The minimum atomic E-state index is -3.68. The maximum Gasteiger partial charge on any atom is 0.407 e. The number of carbonyl (C=O) groups excluding carboxylic acids is 1. The first-order valence-electron chi connectivity index (χ1n) is 11.8. The third kappa shape index (κ3) is 7.15. The lowest BCUT2D eigenvalue weighted by molar-refractivity contribution is 0.168. The fraction of sp³-hybridized carbons (Fsp3) is 0.417. The van der Waals surface area contributed by atoms with Gasteiger partial charge >= 0.3 is 6.09 Å². The van der Waals surface area contributed by atoms with Gasteiger partial charge in [-0.15, -0.1) is 0 Å². The summed E-state index contributed by atoms with van der Waals surface area (Å²) in [7, 11) is -2.40. The molecule has 0 unspecified atom stereocenters. The molecule has 37 heavy (non-hydrogen) atoms. The van der Waals surface area contributed by atoms with Crippen LogP contribution in [0, 0.1) is 5.82 Å². The van der Waals surface area contributed by atoms with Gasteiger partial charge in [0, 0.05) is 42.1 Å². The molecule has 13 heteroatoms. The number of alkyl carbamates (subject to hydrolysis) is 1. The zero-order valence-corrected chi connectivity index (χ0v) is 22.3. The Bertz CT molecular complexity index is 1340. The highest BCUT2D eigenvalue weighted by atomic mass is 32.2. The van der Waals surface area contributed by atoms with E-state index in [4.69, 9.17) is 0 Å². The maximum atomic E-state index is 15.6. The van der Waals surface area contributed by atoms with Gasteiger partial charge < -0.3 is 15.4 Å². The molecule has 1 amide bonds. The number of methoxy groups -OCH3 is 1. The van der Waals surface area contributed by atoms with E-state index in [1.165, 1.54) is 13.2 Å². The van der Waals surface area contributed by atoms with E-state index in [2.05, 4.69) is 35.2 Å². The number of rotatable bonds is 11. The zero-order chi connectivity index (χ0) is 27.2. The molecule has 0 saturated carbocycles. The number of carbonyl (C=O) groups is 1. The number of benzene rings is 1. The largest absolute Gasteiger partial charge is 0.453 e. The SMILES string of the molecule is CCCS(=O)(=O)Nc1cccc(-c2nn(C(C)C)cc2-c2ccnc(NC[C@H](C)NC(=O)OC)n2)c1F. The van der Waals surface area contributed by atoms with E-state index in [-0.39, 0.29) is 29.1 Å². The average Bonchev–Trinajstić information content (AvgIpc) is 3.30. The summed E-state index contributed by atoms with van der Waals surface area (Å²) in [5.74, 6) is -0.540. The van der Waals surface area contributed by atoms with Gasteiger partial charge in [-0.25, -0.2) is 27.6 Å². The Morgan fingerprint density at radius 1 is 1.19 bits per heavy atom. The molecule has 0 aliphatic rings. The van der Waals surface area contributed by atoms with E-state index in [9.17, 15) is 13.2 Å². The summed E-state index contributed by atoms with van der Waals surface area (Å²) in [6.45, 7) is 7.75. The Morgan fingerprint density at radius 3 is 2.62 bits per heavy atom. The lowest BCUT2D eigenvalue weighted by atomic mass is 10.0. The summed E-state index contributed by atoms with van der Waals surface area (Å²) in [5.41, 5.74) is 1.34. The van der Waals surface area contributed by atoms with Crippen LogP contribution in [0.1, 0.15) is 40.2 Å². The Kier molecular flexibility index (Phi) is 9.03. The summed E-state index contributed by atoms with van der Waals surface area (Å²) in [6, 6.07) is 5.89. The van der Waals surface area contributed by atoms with E-state index in [1.807, 2.05) is 13.8 Å². The number of hydrogen-bond donors (Lipinski definition) is 3. The van der Waals surface area contributed by atoms with Crippen LogP contribution in [-0.2, 0) is 14.8 Å². The van der Waals surface area contributed by atoms with Crippen LogP contribution in [0.15, 0.2) is 36.7 Å². The highest BCUT2D eigenvalue weighted by Gasteiger charge is 2.22. The highest BCUT2D eigenvalue weighted by Crippen LogP contribution is 2.35. The van der Waals surface area contributed by atoms with Crippen LogP contribution in [0.4, 0.5) is 20.8 Å². The molecule has 0 radical (unpaired) electrons. The zero-order valence-electron chi connectivity index (χ0n) is 21.4. The standard InChI is InChI=1S/C24H32FN7O4S/c1-6-12-37(34,35)31-20-9-7-8-17(21(20)25)22-18(14-32(30-22)15(2)3)19-10-11-26-23(29-19)27-13-16(4)28-24(33)36-5/h7-11,14-16,31H,6,12-13H2,1-5H3,(H,28,33)(H,26,27,29)/t16-/m0/s1. The number of anilines is 2. The van der Waals surface area contributed by atoms with Crippen LogP contribution in [-0.4, -0.2) is 59.7 Å². The number of sulfonamides is 1. The normalized spacial score (nSPS) is 12.3. The van der Waals surface area contributed by atoms with Crippen molar-refractivity contribution < 1.29 is 22.3 Å². The first-order chi connectivity index (χ1) is 17.5. The third-order valence-electron chi connectivity index (χ3n) is 5.30. The Balaban J connectivity index is 1.98. The number of hydrogen-bond acceptors (Lipinski definition) is 8. The molecule has 0 aliphatic heterocycles. The molecule has 0 aliphatic carbocycles. The van der Waals surface area contributed by atoms with Crippen molar-refractivity contribution in [2.24, 2.45) is 0 Å². The van der Waals surface area contributed by atoms with Crippen molar-refractivity contribution in [1.29, 1.82) is 0 Å². The van der Waals surface area contributed by atoms with Crippen LogP contribution < -0.4 is 15.4 Å². The third-order valence-corrected chi connectivity index (χ3v) is 6.78.